The predicted molar refractivity (Wildman–Crippen MR) is 74.4 cm³/mol. The Morgan fingerprint density at radius 3 is 2.47 bits per heavy atom. The van der Waals surface area contributed by atoms with E-state index in [0.29, 0.717) is 6.54 Å². The summed E-state index contributed by atoms with van der Waals surface area (Å²) >= 11 is 0. The minimum absolute atomic E-state index is 0.229. The number of unbranched alkanes of at least 4 members (excludes halogenated alkanes) is 3. The summed E-state index contributed by atoms with van der Waals surface area (Å²) in [5, 5.41) is 13.1. The predicted octanol–water partition coefficient (Wildman–Crippen LogP) is 3.74. The molecule has 0 radical (unpaired) electrons. The number of hydrogen-bond donors (Lipinski definition) is 2. The fourth-order valence-corrected chi connectivity index (χ4v) is 1.82. The van der Waals surface area contributed by atoms with Crippen molar-refractivity contribution >= 4 is 5.69 Å². The van der Waals surface area contributed by atoms with Gasteiger partial charge in [0.25, 0.3) is 0 Å². The highest BCUT2D eigenvalue weighted by Crippen LogP contribution is 2.10. The van der Waals surface area contributed by atoms with Crippen LogP contribution in [0.4, 0.5) is 5.69 Å². The zero-order valence-corrected chi connectivity index (χ0v) is 11.1. The quantitative estimate of drug-likeness (QED) is 0.673. The monoisotopic (exact) mass is 235 g/mol. The average Bonchev–Trinajstić information content (AvgIpc) is 2.34. The van der Waals surface area contributed by atoms with E-state index < -0.39 is 0 Å². The summed E-state index contributed by atoms with van der Waals surface area (Å²) in [6.07, 6.45) is 5.56. The summed E-state index contributed by atoms with van der Waals surface area (Å²) in [6, 6.07) is 8.27. The van der Waals surface area contributed by atoms with E-state index in [2.05, 4.69) is 43.4 Å². The number of aliphatic hydroxyl groups is 1. The molecule has 0 fully saturated rings. The van der Waals surface area contributed by atoms with Gasteiger partial charge in [-0.15, -0.1) is 0 Å². The van der Waals surface area contributed by atoms with E-state index in [1.807, 2.05) is 0 Å². The van der Waals surface area contributed by atoms with Gasteiger partial charge in [0.15, 0.2) is 0 Å². The first kappa shape index (κ1) is 14.0. The van der Waals surface area contributed by atoms with Gasteiger partial charge in [0, 0.05) is 12.2 Å². The van der Waals surface area contributed by atoms with E-state index in [1.165, 1.54) is 24.8 Å². The standard InChI is InChI=1S/C15H25NO/c1-3-4-5-6-7-15(17)12-16-14-10-8-13(2)9-11-14/h8-11,15-17H,3-7,12H2,1-2H3. The Morgan fingerprint density at radius 1 is 1.12 bits per heavy atom. The molecule has 0 aromatic heterocycles. The molecule has 0 aliphatic carbocycles. The highest BCUT2D eigenvalue weighted by atomic mass is 16.3. The molecule has 0 heterocycles. The molecule has 1 aromatic carbocycles. The Labute approximate surface area is 105 Å². The van der Waals surface area contributed by atoms with Crippen molar-refractivity contribution in [3.05, 3.63) is 29.8 Å². The number of rotatable bonds is 8. The Bertz CT molecular complexity index is 294. The molecule has 1 atom stereocenters. The van der Waals surface area contributed by atoms with Gasteiger partial charge in [0.05, 0.1) is 6.10 Å². The summed E-state index contributed by atoms with van der Waals surface area (Å²) in [5.41, 5.74) is 2.35. The molecular weight excluding hydrogens is 210 g/mol. The van der Waals surface area contributed by atoms with Crippen molar-refractivity contribution < 1.29 is 5.11 Å². The summed E-state index contributed by atoms with van der Waals surface area (Å²) in [5.74, 6) is 0. The Balaban J connectivity index is 2.14. The molecule has 2 heteroatoms. The van der Waals surface area contributed by atoms with Gasteiger partial charge in [0.2, 0.25) is 0 Å². The minimum atomic E-state index is -0.229. The van der Waals surface area contributed by atoms with Crippen LogP contribution in [0.1, 0.15) is 44.6 Å². The lowest BCUT2D eigenvalue weighted by molar-refractivity contribution is 0.173. The molecule has 0 aliphatic rings. The van der Waals surface area contributed by atoms with E-state index in [1.54, 1.807) is 0 Å². The second kappa shape index (κ2) is 8.13. The average molecular weight is 235 g/mol. The van der Waals surface area contributed by atoms with Crippen molar-refractivity contribution in [2.24, 2.45) is 0 Å². The number of aliphatic hydroxyl groups excluding tert-OH is 1. The Hall–Kier alpha value is -1.02. The number of anilines is 1. The maximum atomic E-state index is 9.80. The van der Waals surface area contributed by atoms with Crippen molar-refractivity contribution in [1.82, 2.24) is 0 Å². The van der Waals surface area contributed by atoms with Crippen LogP contribution in [0.5, 0.6) is 0 Å². The molecule has 17 heavy (non-hydrogen) atoms. The largest absolute Gasteiger partial charge is 0.391 e. The lowest BCUT2D eigenvalue weighted by Gasteiger charge is -2.12. The van der Waals surface area contributed by atoms with Crippen LogP contribution < -0.4 is 5.32 Å². The molecule has 1 unspecified atom stereocenters. The van der Waals surface area contributed by atoms with Crippen LogP contribution in [0.3, 0.4) is 0 Å². The third kappa shape index (κ3) is 6.32. The number of hydrogen-bond acceptors (Lipinski definition) is 2. The maximum absolute atomic E-state index is 9.80. The molecule has 96 valence electrons. The SMILES string of the molecule is CCCCCCC(O)CNc1ccc(C)cc1. The van der Waals surface area contributed by atoms with Crippen LogP contribution in [-0.4, -0.2) is 17.8 Å². The van der Waals surface area contributed by atoms with Gasteiger partial charge in [-0.2, -0.15) is 0 Å². The third-order valence-electron chi connectivity index (χ3n) is 2.98. The summed E-state index contributed by atoms with van der Waals surface area (Å²) in [6.45, 7) is 4.93. The maximum Gasteiger partial charge on any atom is 0.0712 e. The molecule has 0 bridgehead atoms. The highest BCUT2D eigenvalue weighted by molar-refractivity contribution is 5.44. The first-order valence-electron chi connectivity index (χ1n) is 6.71. The first-order chi connectivity index (χ1) is 8.22. The number of nitrogens with one attached hydrogen (secondary N) is 1. The third-order valence-corrected chi connectivity index (χ3v) is 2.98. The van der Waals surface area contributed by atoms with Crippen molar-refractivity contribution in [3.8, 4) is 0 Å². The Morgan fingerprint density at radius 2 is 1.82 bits per heavy atom. The fourth-order valence-electron chi connectivity index (χ4n) is 1.82. The second-order valence-corrected chi connectivity index (χ2v) is 4.75. The first-order valence-corrected chi connectivity index (χ1v) is 6.71. The summed E-state index contributed by atoms with van der Waals surface area (Å²) in [4.78, 5) is 0. The molecule has 2 nitrogen and oxygen atoms in total. The molecule has 0 saturated heterocycles. The van der Waals surface area contributed by atoms with Crippen LogP contribution in [0.25, 0.3) is 0 Å². The molecule has 0 aliphatic heterocycles. The minimum Gasteiger partial charge on any atom is -0.391 e. The van der Waals surface area contributed by atoms with E-state index in [-0.39, 0.29) is 6.10 Å². The smallest absolute Gasteiger partial charge is 0.0712 e. The van der Waals surface area contributed by atoms with E-state index in [4.69, 9.17) is 0 Å². The molecule has 2 N–H and O–H groups in total. The van der Waals surface area contributed by atoms with E-state index >= 15 is 0 Å². The van der Waals surface area contributed by atoms with Crippen LogP contribution in [0, 0.1) is 6.92 Å². The number of benzene rings is 1. The van der Waals surface area contributed by atoms with Crippen molar-refractivity contribution in [2.75, 3.05) is 11.9 Å². The Kier molecular flexibility index (Phi) is 6.71. The van der Waals surface area contributed by atoms with Gasteiger partial charge in [-0.25, -0.2) is 0 Å². The van der Waals surface area contributed by atoms with Gasteiger partial charge in [0.1, 0.15) is 0 Å². The van der Waals surface area contributed by atoms with Gasteiger partial charge < -0.3 is 10.4 Å². The topological polar surface area (TPSA) is 32.3 Å². The molecule has 0 amide bonds. The van der Waals surface area contributed by atoms with Crippen LogP contribution in [0.2, 0.25) is 0 Å². The highest BCUT2D eigenvalue weighted by Gasteiger charge is 2.03. The van der Waals surface area contributed by atoms with Crippen molar-refractivity contribution in [3.63, 3.8) is 0 Å². The summed E-state index contributed by atoms with van der Waals surface area (Å²) in [7, 11) is 0. The van der Waals surface area contributed by atoms with Crippen LogP contribution in [-0.2, 0) is 0 Å². The van der Waals surface area contributed by atoms with Gasteiger partial charge in [-0.1, -0.05) is 50.3 Å². The summed E-state index contributed by atoms with van der Waals surface area (Å²) < 4.78 is 0. The van der Waals surface area contributed by atoms with Crippen molar-refractivity contribution in [2.45, 2.75) is 52.1 Å². The van der Waals surface area contributed by atoms with Crippen molar-refractivity contribution in [1.29, 1.82) is 0 Å². The molecule has 1 aromatic rings. The van der Waals surface area contributed by atoms with Crippen LogP contribution in [0.15, 0.2) is 24.3 Å². The molecule has 0 spiro atoms. The van der Waals surface area contributed by atoms with E-state index in [9.17, 15) is 5.11 Å². The lowest BCUT2D eigenvalue weighted by Crippen LogP contribution is -2.19. The van der Waals surface area contributed by atoms with Gasteiger partial charge in [-0.05, 0) is 25.5 Å². The lowest BCUT2D eigenvalue weighted by atomic mass is 10.1. The zero-order chi connectivity index (χ0) is 12.5. The van der Waals surface area contributed by atoms with Gasteiger partial charge in [-0.3, -0.25) is 0 Å². The molecule has 1 rings (SSSR count). The zero-order valence-electron chi connectivity index (χ0n) is 11.1. The fraction of sp³-hybridized carbons (Fsp3) is 0.600. The second-order valence-electron chi connectivity index (χ2n) is 4.75. The molecule has 0 saturated carbocycles. The van der Waals surface area contributed by atoms with Gasteiger partial charge >= 0.3 is 0 Å². The molecular formula is C15H25NO. The van der Waals surface area contributed by atoms with E-state index in [0.717, 1.165) is 18.5 Å². The normalized spacial score (nSPS) is 12.4. The van der Waals surface area contributed by atoms with Crippen LogP contribution >= 0.6 is 0 Å². The number of aryl methyl sites for hydroxylation is 1.